The van der Waals surface area contributed by atoms with Crippen molar-refractivity contribution < 1.29 is 8.42 Å². The van der Waals surface area contributed by atoms with Crippen molar-refractivity contribution >= 4 is 21.4 Å². The molecule has 0 unspecified atom stereocenters. The molecule has 1 N–H and O–H groups in total. The molecule has 8 heteroatoms. The maximum absolute atomic E-state index is 12.1. The Kier molecular flexibility index (Phi) is 2.92. The second kappa shape index (κ2) is 4.45. The highest BCUT2D eigenvalue weighted by molar-refractivity contribution is 7.91. The molecule has 0 bridgehead atoms. The van der Waals surface area contributed by atoms with E-state index < -0.39 is 10.0 Å². The van der Waals surface area contributed by atoms with Crippen LogP contribution in [0.2, 0.25) is 0 Å². The summed E-state index contributed by atoms with van der Waals surface area (Å²) in [6, 6.07) is 3.04. The summed E-state index contributed by atoms with van der Waals surface area (Å²) < 4.78 is 29.1. The van der Waals surface area contributed by atoms with Gasteiger partial charge in [-0.15, -0.1) is 11.3 Å². The molecule has 0 fully saturated rings. The van der Waals surface area contributed by atoms with Crippen LogP contribution in [0.4, 0.5) is 0 Å². The molecule has 1 aliphatic heterocycles. The number of fused-ring (bicyclic) bond motifs is 1. The number of thiophene rings is 1. The molecule has 96 valence electrons. The van der Waals surface area contributed by atoms with Gasteiger partial charge in [0, 0.05) is 6.54 Å². The predicted molar refractivity (Wildman–Crippen MR) is 66.6 cm³/mol. The number of rotatable bonds is 3. The van der Waals surface area contributed by atoms with Crippen molar-refractivity contribution in [3.05, 3.63) is 29.7 Å². The van der Waals surface area contributed by atoms with Crippen molar-refractivity contribution in [3.63, 3.8) is 0 Å². The summed E-state index contributed by atoms with van der Waals surface area (Å²) in [6.45, 7) is 0.798. The van der Waals surface area contributed by atoms with E-state index in [1.54, 1.807) is 22.2 Å². The second-order valence-electron chi connectivity index (χ2n) is 4.09. The quantitative estimate of drug-likeness (QED) is 0.917. The van der Waals surface area contributed by atoms with Crippen LogP contribution >= 0.6 is 11.3 Å². The molecule has 3 rings (SSSR count). The monoisotopic (exact) mass is 284 g/mol. The molecule has 0 spiro atoms. The summed E-state index contributed by atoms with van der Waals surface area (Å²) in [4.78, 5) is 4.13. The van der Waals surface area contributed by atoms with Gasteiger partial charge in [-0.2, -0.15) is 9.82 Å². The van der Waals surface area contributed by atoms with Crippen molar-refractivity contribution in [1.29, 1.82) is 0 Å². The summed E-state index contributed by atoms with van der Waals surface area (Å²) in [5.74, 6) is 0.696. The lowest BCUT2D eigenvalue weighted by atomic mass is 10.1. The third-order valence-electron chi connectivity index (χ3n) is 2.88. The molecule has 0 saturated carbocycles. The summed E-state index contributed by atoms with van der Waals surface area (Å²) in [5, 5.41) is 5.82. The van der Waals surface area contributed by atoms with Crippen molar-refractivity contribution in [3.8, 4) is 0 Å². The van der Waals surface area contributed by atoms with Crippen LogP contribution in [0.1, 0.15) is 24.7 Å². The van der Waals surface area contributed by atoms with E-state index in [-0.39, 0.29) is 6.04 Å². The minimum Gasteiger partial charge on any atom is -0.248 e. The molecule has 3 heterocycles. The lowest BCUT2D eigenvalue weighted by Gasteiger charge is -2.22. The zero-order valence-corrected chi connectivity index (χ0v) is 11.1. The van der Waals surface area contributed by atoms with Crippen LogP contribution in [0.15, 0.2) is 28.0 Å². The molecular weight excluding hydrogens is 272 g/mol. The first-order chi connectivity index (χ1) is 8.67. The van der Waals surface area contributed by atoms with Gasteiger partial charge in [-0.05, 0) is 24.3 Å². The molecule has 2 aromatic heterocycles. The highest BCUT2D eigenvalue weighted by atomic mass is 32.2. The zero-order valence-electron chi connectivity index (χ0n) is 9.48. The Morgan fingerprint density at radius 1 is 1.50 bits per heavy atom. The largest absolute Gasteiger partial charge is 0.250 e. The molecular formula is C10H12N4O2S2. The maximum Gasteiger partial charge on any atom is 0.250 e. The lowest BCUT2D eigenvalue weighted by molar-refractivity contribution is 0.400. The van der Waals surface area contributed by atoms with Gasteiger partial charge in [0.05, 0.1) is 6.04 Å². The molecule has 1 aliphatic rings. The Labute approximate surface area is 109 Å². The number of aromatic nitrogens is 3. The fraction of sp³-hybridized carbons (Fsp3) is 0.400. The topological polar surface area (TPSA) is 76.9 Å². The Morgan fingerprint density at radius 2 is 2.39 bits per heavy atom. The molecule has 0 aliphatic carbocycles. The van der Waals surface area contributed by atoms with Crippen LogP contribution < -0.4 is 4.72 Å². The average molecular weight is 284 g/mol. The predicted octanol–water partition coefficient (Wildman–Crippen LogP) is 1.15. The van der Waals surface area contributed by atoms with Crippen molar-refractivity contribution in [2.45, 2.75) is 29.6 Å². The maximum atomic E-state index is 12.1. The number of nitrogens with zero attached hydrogens (tertiary/aromatic N) is 3. The van der Waals surface area contributed by atoms with Gasteiger partial charge in [0.2, 0.25) is 0 Å². The first-order valence-corrected chi connectivity index (χ1v) is 7.97. The summed E-state index contributed by atoms with van der Waals surface area (Å²) >= 11 is 1.21. The van der Waals surface area contributed by atoms with E-state index in [1.807, 2.05) is 0 Å². The van der Waals surface area contributed by atoms with Crippen molar-refractivity contribution in [2.75, 3.05) is 0 Å². The summed E-state index contributed by atoms with van der Waals surface area (Å²) in [6.07, 6.45) is 3.12. The van der Waals surface area contributed by atoms with E-state index in [0.29, 0.717) is 10.0 Å². The van der Waals surface area contributed by atoms with Gasteiger partial charge in [0.1, 0.15) is 16.4 Å². The zero-order chi connectivity index (χ0) is 12.6. The number of aryl methyl sites for hydroxylation is 1. The first-order valence-electron chi connectivity index (χ1n) is 5.60. The smallest absolute Gasteiger partial charge is 0.248 e. The average Bonchev–Trinajstić information content (AvgIpc) is 3.00. The highest BCUT2D eigenvalue weighted by Gasteiger charge is 2.27. The normalized spacial score (nSPS) is 19.7. The molecule has 2 aromatic rings. The van der Waals surface area contributed by atoms with Crippen LogP contribution in [0.25, 0.3) is 0 Å². The number of sulfonamides is 1. The van der Waals surface area contributed by atoms with E-state index in [0.717, 1.165) is 19.4 Å². The second-order valence-corrected chi connectivity index (χ2v) is 6.98. The standard InChI is InChI=1S/C10H12N4O2S2/c15-18(16,9-4-2-6-17-9)13-8-3-1-5-14-10(8)11-7-12-14/h2,4,6-8,13H,1,3,5H2/t8-/m0/s1. The number of hydrogen-bond acceptors (Lipinski definition) is 5. The molecule has 0 radical (unpaired) electrons. The number of hydrogen-bond donors (Lipinski definition) is 1. The minimum absolute atomic E-state index is 0.284. The van der Waals surface area contributed by atoms with E-state index in [4.69, 9.17) is 0 Å². The van der Waals surface area contributed by atoms with Gasteiger partial charge >= 0.3 is 0 Å². The van der Waals surface area contributed by atoms with Gasteiger partial charge in [-0.25, -0.2) is 18.1 Å². The van der Waals surface area contributed by atoms with Crippen LogP contribution in [0.3, 0.4) is 0 Å². The Hall–Kier alpha value is -1.25. The minimum atomic E-state index is -3.45. The van der Waals surface area contributed by atoms with Gasteiger partial charge in [-0.3, -0.25) is 0 Å². The Bertz CT molecular complexity index is 633. The van der Waals surface area contributed by atoms with Gasteiger partial charge in [0.15, 0.2) is 0 Å². The van der Waals surface area contributed by atoms with Crippen LogP contribution in [-0.4, -0.2) is 23.2 Å². The van der Waals surface area contributed by atoms with Crippen LogP contribution in [-0.2, 0) is 16.6 Å². The SMILES string of the molecule is O=S(=O)(N[C@H]1CCCn2ncnc21)c1cccs1. The van der Waals surface area contributed by atoms with Gasteiger partial charge in [0.25, 0.3) is 10.0 Å². The highest BCUT2D eigenvalue weighted by Crippen LogP contribution is 2.25. The van der Waals surface area contributed by atoms with E-state index >= 15 is 0 Å². The number of nitrogens with one attached hydrogen (secondary N) is 1. The molecule has 0 aromatic carbocycles. The summed E-state index contributed by atoms with van der Waals surface area (Å²) in [5.41, 5.74) is 0. The van der Waals surface area contributed by atoms with E-state index in [9.17, 15) is 8.42 Å². The Morgan fingerprint density at radius 3 is 3.17 bits per heavy atom. The molecule has 1 atom stereocenters. The van der Waals surface area contributed by atoms with Crippen molar-refractivity contribution in [2.24, 2.45) is 0 Å². The fourth-order valence-electron chi connectivity index (χ4n) is 2.06. The lowest BCUT2D eigenvalue weighted by Crippen LogP contribution is -2.33. The molecule has 0 amide bonds. The van der Waals surface area contributed by atoms with E-state index in [2.05, 4.69) is 14.8 Å². The molecule has 18 heavy (non-hydrogen) atoms. The van der Waals surface area contributed by atoms with Gasteiger partial charge < -0.3 is 0 Å². The third kappa shape index (κ3) is 2.06. The summed E-state index contributed by atoms with van der Waals surface area (Å²) in [7, 11) is -3.45. The molecule has 6 nitrogen and oxygen atoms in total. The van der Waals surface area contributed by atoms with E-state index in [1.165, 1.54) is 17.7 Å². The van der Waals surface area contributed by atoms with Crippen LogP contribution in [0, 0.1) is 0 Å². The first kappa shape index (κ1) is 11.8. The van der Waals surface area contributed by atoms with Gasteiger partial charge in [-0.1, -0.05) is 6.07 Å². The Balaban J connectivity index is 1.87. The third-order valence-corrected chi connectivity index (χ3v) is 5.75. The fourth-order valence-corrected chi connectivity index (χ4v) is 4.30. The van der Waals surface area contributed by atoms with Crippen molar-refractivity contribution in [1.82, 2.24) is 19.5 Å². The van der Waals surface area contributed by atoms with Crippen LogP contribution in [0.5, 0.6) is 0 Å². The molecule has 0 saturated heterocycles.